The summed E-state index contributed by atoms with van der Waals surface area (Å²) >= 11 is 0. The monoisotopic (exact) mass is 282 g/mol. The lowest BCUT2D eigenvalue weighted by molar-refractivity contribution is -0.122. The number of aromatic nitrogens is 1. The van der Waals surface area contributed by atoms with Gasteiger partial charge in [0.05, 0.1) is 6.04 Å². The molecule has 1 atom stereocenters. The van der Waals surface area contributed by atoms with Crippen LogP contribution in [0.15, 0.2) is 54.9 Å². The number of benzene rings is 1. The highest BCUT2D eigenvalue weighted by molar-refractivity contribution is 5.76. The number of carbonyl (C=O) groups excluding carboxylic acids is 1. The van der Waals surface area contributed by atoms with Gasteiger partial charge in [-0.3, -0.25) is 9.78 Å². The van der Waals surface area contributed by atoms with E-state index in [-0.39, 0.29) is 11.9 Å². The highest BCUT2D eigenvalue weighted by Gasteiger charge is 2.17. The topological polar surface area (TPSA) is 42.0 Å². The van der Waals surface area contributed by atoms with Crippen molar-refractivity contribution in [1.29, 1.82) is 0 Å². The van der Waals surface area contributed by atoms with E-state index in [2.05, 4.69) is 36.3 Å². The molecule has 3 heteroatoms. The minimum absolute atomic E-state index is 0.0626. The Morgan fingerprint density at radius 2 is 1.90 bits per heavy atom. The van der Waals surface area contributed by atoms with E-state index in [0.29, 0.717) is 12.3 Å². The van der Waals surface area contributed by atoms with Crippen LogP contribution in [-0.4, -0.2) is 10.9 Å². The summed E-state index contributed by atoms with van der Waals surface area (Å²) in [5.74, 6) is 0.441. The zero-order chi connectivity index (χ0) is 15.1. The molecule has 21 heavy (non-hydrogen) atoms. The average Bonchev–Trinajstić information content (AvgIpc) is 2.52. The normalized spacial score (nSPS) is 12.1. The van der Waals surface area contributed by atoms with E-state index in [1.165, 1.54) is 0 Å². The molecule has 110 valence electrons. The van der Waals surface area contributed by atoms with E-state index in [1.54, 1.807) is 6.20 Å². The lowest BCUT2D eigenvalue weighted by Gasteiger charge is -2.23. The van der Waals surface area contributed by atoms with Gasteiger partial charge in [-0.25, -0.2) is 0 Å². The van der Waals surface area contributed by atoms with Crippen LogP contribution in [0, 0.1) is 5.92 Å². The molecule has 0 bridgehead atoms. The van der Waals surface area contributed by atoms with E-state index in [9.17, 15) is 4.79 Å². The Balaban J connectivity index is 1.93. The molecule has 3 nitrogen and oxygen atoms in total. The Morgan fingerprint density at radius 3 is 2.52 bits per heavy atom. The molecule has 0 saturated carbocycles. The lowest BCUT2D eigenvalue weighted by atomic mass is 9.96. The fourth-order valence-corrected chi connectivity index (χ4v) is 2.34. The summed E-state index contributed by atoms with van der Waals surface area (Å²) in [7, 11) is 0. The SMILES string of the molecule is CC(C)[C@H](NC(=O)CCc1cccnc1)c1ccccc1. The molecule has 0 saturated heterocycles. The van der Waals surface area contributed by atoms with Crippen molar-refractivity contribution in [2.75, 3.05) is 0 Å². The third-order valence-electron chi connectivity index (χ3n) is 3.51. The number of hydrogen-bond donors (Lipinski definition) is 1. The number of pyridine rings is 1. The van der Waals surface area contributed by atoms with Gasteiger partial charge in [-0.05, 0) is 29.5 Å². The van der Waals surface area contributed by atoms with Crippen LogP contribution in [0.1, 0.15) is 37.4 Å². The average molecular weight is 282 g/mol. The molecule has 1 N–H and O–H groups in total. The summed E-state index contributed by atoms with van der Waals surface area (Å²) in [4.78, 5) is 16.2. The van der Waals surface area contributed by atoms with Crippen LogP contribution in [0.3, 0.4) is 0 Å². The van der Waals surface area contributed by atoms with Gasteiger partial charge in [-0.15, -0.1) is 0 Å². The van der Waals surface area contributed by atoms with Crippen molar-refractivity contribution in [2.45, 2.75) is 32.7 Å². The number of nitrogens with one attached hydrogen (secondary N) is 1. The highest BCUT2D eigenvalue weighted by Crippen LogP contribution is 2.21. The molecular weight excluding hydrogens is 260 g/mol. The standard InChI is InChI=1S/C18H22N2O/c1-14(2)18(16-8-4-3-5-9-16)20-17(21)11-10-15-7-6-12-19-13-15/h3-9,12-14,18H,10-11H2,1-2H3,(H,20,21)/t18-/m0/s1. The van der Waals surface area contributed by atoms with Crippen LogP contribution in [0.5, 0.6) is 0 Å². The van der Waals surface area contributed by atoms with E-state index < -0.39 is 0 Å². The second-order valence-electron chi connectivity index (χ2n) is 5.56. The van der Waals surface area contributed by atoms with Crippen molar-refractivity contribution in [3.05, 3.63) is 66.0 Å². The van der Waals surface area contributed by atoms with Gasteiger partial charge in [0.2, 0.25) is 5.91 Å². The van der Waals surface area contributed by atoms with Crippen molar-refractivity contribution in [3.63, 3.8) is 0 Å². The molecule has 1 amide bonds. The van der Waals surface area contributed by atoms with Gasteiger partial charge >= 0.3 is 0 Å². The molecule has 2 aromatic rings. The van der Waals surface area contributed by atoms with Crippen molar-refractivity contribution < 1.29 is 4.79 Å². The van der Waals surface area contributed by atoms with Gasteiger partial charge in [0, 0.05) is 18.8 Å². The Morgan fingerprint density at radius 1 is 1.14 bits per heavy atom. The quantitative estimate of drug-likeness (QED) is 0.880. The van der Waals surface area contributed by atoms with Crippen molar-refractivity contribution in [1.82, 2.24) is 10.3 Å². The Kier molecular flexibility index (Phi) is 5.50. The molecule has 0 radical (unpaired) electrons. The molecular formula is C18H22N2O. The summed E-state index contributed by atoms with van der Waals surface area (Å²) in [5.41, 5.74) is 2.25. The van der Waals surface area contributed by atoms with Crippen LogP contribution in [0.25, 0.3) is 0 Å². The first-order valence-corrected chi connectivity index (χ1v) is 7.40. The van der Waals surface area contributed by atoms with Crippen molar-refractivity contribution in [3.8, 4) is 0 Å². The van der Waals surface area contributed by atoms with Gasteiger partial charge in [-0.2, -0.15) is 0 Å². The van der Waals surface area contributed by atoms with Crippen molar-refractivity contribution in [2.24, 2.45) is 5.92 Å². The van der Waals surface area contributed by atoms with E-state index in [4.69, 9.17) is 0 Å². The second-order valence-corrected chi connectivity index (χ2v) is 5.56. The molecule has 0 aliphatic heterocycles. The molecule has 1 heterocycles. The molecule has 0 aliphatic rings. The van der Waals surface area contributed by atoms with Gasteiger partial charge in [-0.1, -0.05) is 50.2 Å². The number of carbonyl (C=O) groups is 1. The summed E-state index contributed by atoms with van der Waals surface area (Å²) in [5, 5.41) is 3.14. The fourth-order valence-electron chi connectivity index (χ4n) is 2.34. The molecule has 0 fully saturated rings. The Bertz CT molecular complexity index is 552. The summed E-state index contributed by atoms with van der Waals surface area (Å²) < 4.78 is 0. The first-order valence-electron chi connectivity index (χ1n) is 7.40. The van der Waals surface area contributed by atoms with Crippen LogP contribution >= 0.6 is 0 Å². The summed E-state index contributed by atoms with van der Waals surface area (Å²) in [6.45, 7) is 4.25. The highest BCUT2D eigenvalue weighted by atomic mass is 16.1. The summed E-state index contributed by atoms with van der Waals surface area (Å²) in [6.07, 6.45) is 4.76. The number of nitrogens with zero attached hydrogens (tertiary/aromatic N) is 1. The predicted molar refractivity (Wildman–Crippen MR) is 84.7 cm³/mol. The van der Waals surface area contributed by atoms with Crippen LogP contribution in [0.2, 0.25) is 0 Å². The van der Waals surface area contributed by atoms with Gasteiger partial charge in [0.15, 0.2) is 0 Å². The minimum atomic E-state index is 0.0626. The Hall–Kier alpha value is -2.16. The van der Waals surface area contributed by atoms with Crippen molar-refractivity contribution >= 4 is 5.91 Å². The number of aryl methyl sites for hydroxylation is 1. The van der Waals surface area contributed by atoms with E-state index >= 15 is 0 Å². The summed E-state index contributed by atoms with van der Waals surface area (Å²) in [6, 6.07) is 14.1. The maximum Gasteiger partial charge on any atom is 0.220 e. The van der Waals surface area contributed by atoms with Gasteiger partial charge in [0.25, 0.3) is 0 Å². The predicted octanol–water partition coefficient (Wildman–Crippen LogP) is 3.53. The first kappa shape index (κ1) is 15.2. The van der Waals surface area contributed by atoms with E-state index in [0.717, 1.165) is 17.5 Å². The maximum atomic E-state index is 12.2. The largest absolute Gasteiger partial charge is 0.349 e. The first-order chi connectivity index (χ1) is 10.2. The number of amides is 1. The smallest absolute Gasteiger partial charge is 0.220 e. The minimum Gasteiger partial charge on any atom is -0.349 e. The van der Waals surface area contributed by atoms with Crippen LogP contribution in [-0.2, 0) is 11.2 Å². The van der Waals surface area contributed by atoms with Gasteiger partial charge < -0.3 is 5.32 Å². The zero-order valence-corrected chi connectivity index (χ0v) is 12.6. The maximum absolute atomic E-state index is 12.2. The van der Waals surface area contributed by atoms with Crippen LogP contribution in [0.4, 0.5) is 0 Å². The fraction of sp³-hybridized carbons (Fsp3) is 0.333. The second kappa shape index (κ2) is 7.58. The molecule has 0 unspecified atom stereocenters. The third-order valence-corrected chi connectivity index (χ3v) is 3.51. The molecule has 0 spiro atoms. The Labute approximate surface area is 126 Å². The van der Waals surface area contributed by atoms with E-state index in [1.807, 2.05) is 36.5 Å². The molecule has 1 aromatic carbocycles. The zero-order valence-electron chi connectivity index (χ0n) is 12.6. The number of hydrogen-bond acceptors (Lipinski definition) is 2. The third kappa shape index (κ3) is 4.71. The van der Waals surface area contributed by atoms with Crippen LogP contribution < -0.4 is 5.32 Å². The van der Waals surface area contributed by atoms with Gasteiger partial charge in [0.1, 0.15) is 0 Å². The molecule has 2 rings (SSSR count). The lowest BCUT2D eigenvalue weighted by Crippen LogP contribution is -2.31. The molecule has 0 aliphatic carbocycles. The number of rotatable bonds is 6. The molecule has 1 aromatic heterocycles.